The Morgan fingerprint density at radius 3 is 2.44 bits per heavy atom. The molecule has 0 saturated heterocycles. The van der Waals surface area contributed by atoms with Crippen LogP contribution >= 0.6 is 11.6 Å². The second kappa shape index (κ2) is 5.73. The van der Waals surface area contributed by atoms with Gasteiger partial charge in [-0.15, -0.1) is 0 Å². The van der Waals surface area contributed by atoms with Gasteiger partial charge < -0.3 is 14.7 Å². The predicted molar refractivity (Wildman–Crippen MR) is 68.7 cm³/mol. The van der Waals surface area contributed by atoms with Crippen molar-refractivity contribution < 1.29 is 19.4 Å². The number of carboxylic acid groups (broad SMARTS) is 1. The molecule has 1 amide bonds. The average Bonchev–Trinajstić information content (AvgIpc) is 2.30. The molecule has 0 aromatic heterocycles. The molecule has 5 nitrogen and oxygen atoms in total. The number of rotatable bonds is 4. The lowest BCUT2D eigenvalue weighted by Gasteiger charge is -2.21. The lowest BCUT2D eigenvalue weighted by atomic mass is 10.1. The Morgan fingerprint density at radius 1 is 1.44 bits per heavy atom. The van der Waals surface area contributed by atoms with Crippen LogP contribution in [0.3, 0.4) is 0 Å². The first-order valence-corrected chi connectivity index (χ1v) is 5.69. The van der Waals surface area contributed by atoms with Crippen molar-refractivity contribution in [1.82, 2.24) is 0 Å². The van der Waals surface area contributed by atoms with E-state index in [1.165, 1.54) is 31.1 Å². The summed E-state index contributed by atoms with van der Waals surface area (Å²) in [6.07, 6.45) is 0. The number of anilines is 1. The molecule has 0 unspecified atom stereocenters. The molecule has 0 heterocycles. The third-order valence-electron chi connectivity index (χ3n) is 2.49. The summed E-state index contributed by atoms with van der Waals surface area (Å²) in [4.78, 5) is 23.9. The van der Waals surface area contributed by atoms with Crippen molar-refractivity contribution in [2.45, 2.75) is 13.8 Å². The maximum atomic E-state index is 11.5. The Morgan fingerprint density at radius 2 is 2.06 bits per heavy atom. The summed E-state index contributed by atoms with van der Waals surface area (Å²) in [6.45, 7) is 3.65. The van der Waals surface area contributed by atoms with Crippen LogP contribution in [0.2, 0.25) is 5.02 Å². The molecule has 0 spiro atoms. The largest absolute Gasteiger partial charge is 0.496 e. The molecule has 1 N–H and O–H groups in total. The van der Waals surface area contributed by atoms with Crippen molar-refractivity contribution in [3.63, 3.8) is 0 Å². The summed E-state index contributed by atoms with van der Waals surface area (Å²) < 4.78 is 5.00. The molecule has 0 radical (unpaired) electrons. The average molecular weight is 272 g/mol. The summed E-state index contributed by atoms with van der Waals surface area (Å²) in [5.41, 5.74) is 0.402. The predicted octanol–water partition coefficient (Wildman–Crippen LogP) is 2.42. The number of carbonyl (C=O) groups is 2. The Labute approximate surface area is 110 Å². The monoisotopic (exact) mass is 271 g/mol. The first-order chi connectivity index (χ1) is 8.42. The van der Waals surface area contributed by atoms with Crippen LogP contribution in [0.5, 0.6) is 5.75 Å². The minimum atomic E-state index is -1.13. The molecule has 0 saturated carbocycles. The Balaban J connectivity index is 3.39. The van der Waals surface area contributed by atoms with E-state index in [9.17, 15) is 9.59 Å². The fourth-order valence-corrected chi connectivity index (χ4v) is 1.91. The van der Waals surface area contributed by atoms with E-state index in [0.717, 1.165) is 0 Å². The van der Waals surface area contributed by atoms with E-state index in [4.69, 9.17) is 21.4 Å². The lowest BCUT2D eigenvalue weighted by Crippen LogP contribution is -2.28. The van der Waals surface area contributed by atoms with Gasteiger partial charge in [-0.2, -0.15) is 0 Å². The number of aromatic carboxylic acids is 1. The van der Waals surface area contributed by atoms with E-state index in [0.29, 0.717) is 12.2 Å². The molecule has 0 aliphatic heterocycles. The van der Waals surface area contributed by atoms with Crippen LogP contribution in [0.15, 0.2) is 12.1 Å². The highest BCUT2D eigenvalue weighted by Gasteiger charge is 2.19. The van der Waals surface area contributed by atoms with E-state index in [1.54, 1.807) is 6.92 Å². The smallest absolute Gasteiger partial charge is 0.339 e. The van der Waals surface area contributed by atoms with Gasteiger partial charge in [0.25, 0.3) is 0 Å². The number of hydrogen-bond acceptors (Lipinski definition) is 3. The fraction of sp³-hybridized carbons (Fsp3) is 0.333. The van der Waals surface area contributed by atoms with Crippen molar-refractivity contribution in [3.05, 3.63) is 22.7 Å². The number of halogens is 1. The number of hydrogen-bond donors (Lipinski definition) is 1. The summed E-state index contributed by atoms with van der Waals surface area (Å²) in [6, 6.07) is 2.74. The van der Waals surface area contributed by atoms with Gasteiger partial charge in [-0.3, -0.25) is 4.79 Å². The highest BCUT2D eigenvalue weighted by molar-refractivity contribution is 6.34. The van der Waals surface area contributed by atoms with Gasteiger partial charge in [-0.25, -0.2) is 4.79 Å². The summed E-state index contributed by atoms with van der Waals surface area (Å²) >= 11 is 6.01. The van der Waals surface area contributed by atoms with Crippen molar-refractivity contribution in [2.75, 3.05) is 18.6 Å². The number of carbonyl (C=O) groups excluding carboxylic acids is 1. The molecule has 18 heavy (non-hydrogen) atoms. The maximum Gasteiger partial charge on any atom is 0.339 e. The van der Waals surface area contributed by atoms with Crippen LogP contribution in [0.25, 0.3) is 0 Å². The number of carboxylic acids is 1. The molecular weight excluding hydrogens is 258 g/mol. The molecule has 0 atom stereocenters. The first-order valence-electron chi connectivity index (χ1n) is 5.31. The lowest BCUT2D eigenvalue weighted by molar-refractivity contribution is -0.116. The van der Waals surface area contributed by atoms with E-state index < -0.39 is 5.97 Å². The SMILES string of the molecule is CCN(C(C)=O)c1cc(OC)c(C(=O)O)cc1Cl. The second-order valence-electron chi connectivity index (χ2n) is 3.57. The van der Waals surface area contributed by atoms with Crippen molar-refractivity contribution in [2.24, 2.45) is 0 Å². The third kappa shape index (κ3) is 2.73. The van der Waals surface area contributed by atoms with Gasteiger partial charge in [0.15, 0.2) is 0 Å². The molecule has 1 aromatic rings. The minimum Gasteiger partial charge on any atom is -0.496 e. The van der Waals surface area contributed by atoms with Gasteiger partial charge in [-0.1, -0.05) is 11.6 Å². The van der Waals surface area contributed by atoms with E-state index in [1.807, 2.05) is 0 Å². The van der Waals surface area contributed by atoms with Gasteiger partial charge >= 0.3 is 5.97 Å². The highest BCUT2D eigenvalue weighted by atomic mass is 35.5. The summed E-state index contributed by atoms with van der Waals surface area (Å²) in [7, 11) is 1.36. The normalized spacial score (nSPS) is 10.0. The molecule has 98 valence electrons. The maximum absolute atomic E-state index is 11.5. The highest BCUT2D eigenvalue weighted by Crippen LogP contribution is 2.33. The quantitative estimate of drug-likeness (QED) is 0.913. The van der Waals surface area contributed by atoms with Crippen molar-refractivity contribution >= 4 is 29.2 Å². The Kier molecular flexibility index (Phi) is 4.55. The van der Waals surface area contributed by atoms with E-state index >= 15 is 0 Å². The summed E-state index contributed by atoms with van der Waals surface area (Å²) in [5, 5.41) is 9.20. The van der Waals surface area contributed by atoms with E-state index in [-0.39, 0.29) is 22.2 Å². The zero-order valence-electron chi connectivity index (χ0n) is 10.4. The Hall–Kier alpha value is -1.75. The van der Waals surface area contributed by atoms with Gasteiger partial charge in [0, 0.05) is 19.5 Å². The fourth-order valence-electron chi connectivity index (χ4n) is 1.65. The molecule has 1 rings (SSSR count). The topological polar surface area (TPSA) is 66.8 Å². The second-order valence-corrected chi connectivity index (χ2v) is 3.98. The summed E-state index contributed by atoms with van der Waals surface area (Å²) in [5.74, 6) is -1.14. The van der Waals surface area contributed by atoms with E-state index in [2.05, 4.69) is 0 Å². The number of nitrogens with zero attached hydrogens (tertiary/aromatic N) is 1. The molecule has 0 bridgehead atoms. The van der Waals surface area contributed by atoms with Crippen molar-refractivity contribution in [3.8, 4) is 5.75 Å². The van der Waals surface area contributed by atoms with Gasteiger partial charge in [0.1, 0.15) is 11.3 Å². The molecule has 0 aliphatic rings. The zero-order valence-corrected chi connectivity index (χ0v) is 11.1. The van der Waals surface area contributed by atoms with Gasteiger partial charge in [0.05, 0.1) is 17.8 Å². The van der Waals surface area contributed by atoms with Crippen LogP contribution in [0.4, 0.5) is 5.69 Å². The molecule has 0 aliphatic carbocycles. The third-order valence-corrected chi connectivity index (χ3v) is 2.79. The van der Waals surface area contributed by atoms with Crippen LogP contribution in [-0.2, 0) is 4.79 Å². The molecule has 6 heteroatoms. The van der Waals surface area contributed by atoms with Gasteiger partial charge in [0.2, 0.25) is 5.91 Å². The standard InChI is InChI=1S/C12H14ClNO4/c1-4-14(7(2)15)10-6-11(18-3)8(12(16)17)5-9(10)13/h5-6H,4H2,1-3H3,(H,16,17). The van der Waals surface area contributed by atoms with Crippen LogP contribution in [0.1, 0.15) is 24.2 Å². The number of amides is 1. The Bertz CT molecular complexity index is 487. The van der Waals surface area contributed by atoms with Crippen LogP contribution in [0, 0.1) is 0 Å². The molecule has 1 aromatic carbocycles. The first kappa shape index (κ1) is 14.3. The number of benzene rings is 1. The number of methoxy groups -OCH3 is 1. The van der Waals surface area contributed by atoms with Crippen molar-refractivity contribution in [1.29, 1.82) is 0 Å². The number of ether oxygens (including phenoxy) is 1. The molecular formula is C12H14ClNO4. The van der Waals surface area contributed by atoms with Crippen LogP contribution < -0.4 is 9.64 Å². The van der Waals surface area contributed by atoms with Crippen LogP contribution in [-0.4, -0.2) is 30.6 Å². The van der Waals surface area contributed by atoms with Gasteiger partial charge in [-0.05, 0) is 13.0 Å². The zero-order chi connectivity index (χ0) is 13.9. The molecule has 0 fully saturated rings. The minimum absolute atomic E-state index is 0.0362.